The Morgan fingerprint density at radius 2 is 1.84 bits per heavy atom. The fraction of sp³-hybridized carbons (Fsp3) is 0.438. The molecule has 134 valence electrons. The van der Waals surface area contributed by atoms with Crippen molar-refractivity contribution in [2.24, 2.45) is 0 Å². The zero-order chi connectivity index (χ0) is 17.9. The number of anilines is 1. The standard InChI is InChI=1S/C16H22N6O2S/c1-12-11-15(20-16(19-12)13-3-7-18-8-4-13)22-9-5-14(6-10-22)21-25(23,24)17-2/h3-4,7-8,11,14,17,21H,5-6,9-10H2,1-2H3. The summed E-state index contributed by atoms with van der Waals surface area (Å²) >= 11 is 0. The molecule has 2 aromatic heterocycles. The molecule has 25 heavy (non-hydrogen) atoms. The Morgan fingerprint density at radius 1 is 1.16 bits per heavy atom. The number of rotatable bonds is 5. The minimum absolute atomic E-state index is 0.0590. The SMILES string of the molecule is CNS(=O)(=O)NC1CCN(c2cc(C)nc(-c3ccncc3)n2)CC1. The van der Waals surface area contributed by atoms with Crippen molar-refractivity contribution >= 4 is 16.0 Å². The normalized spacial score (nSPS) is 16.2. The molecule has 3 rings (SSSR count). The number of hydrogen-bond acceptors (Lipinski definition) is 6. The first kappa shape index (κ1) is 17.7. The second-order valence-electron chi connectivity index (χ2n) is 6.01. The van der Waals surface area contributed by atoms with Gasteiger partial charge in [-0.05, 0) is 31.9 Å². The molecule has 1 aliphatic heterocycles. The number of pyridine rings is 1. The largest absolute Gasteiger partial charge is 0.356 e. The lowest BCUT2D eigenvalue weighted by atomic mass is 10.1. The molecule has 1 fully saturated rings. The zero-order valence-electron chi connectivity index (χ0n) is 14.3. The Kier molecular flexibility index (Phi) is 5.26. The van der Waals surface area contributed by atoms with Gasteiger partial charge in [0.1, 0.15) is 5.82 Å². The molecular formula is C16H22N6O2S. The maximum absolute atomic E-state index is 11.6. The third-order valence-electron chi connectivity index (χ3n) is 4.19. The van der Waals surface area contributed by atoms with Crippen molar-refractivity contribution in [1.29, 1.82) is 0 Å². The highest BCUT2D eigenvalue weighted by molar-refractivity contribution is 7.87. The first-order valence-electron chi connectivity index (χ1n) is 8.19. The van der Waals surface area contributed by atoms with Gasteiger partial charge in [-0.2, -0.15) is 13.1 Å². The van der Waals surface area contributed by atoms with E-state index in [1.165, 1.54) is 7.05 Å². The molecule has 0 aromatic carbocycles. The summed E-state index contributed by atoms with van der Waals surface area (Å²) in [4.78, 5) is 15.4. The molecular weight excluding hydrogens is 340 g/mol. The van der Waals surface area contributed by atoms with Crippen molar-refractivity contribution in [1.82, 2.24) is 24.4 Å². The van der Waals surface area contributed by atoms with Crippen molar-refractivity contribution in [3.05, 3.63) is 36.3 Å². The maximum atomic E-state index is 11.6. The van der Waals surface area contributed by atoms with Gasteiger partial charge >= 0.3 is 0 Å². The van der Waals surface area contributed by atoms with Crippen LogP contribution >= 0.6 is 0 Å². The van der Waals surface area contributed by atoms with Gasteiger partial charge in [-0.3, -0.25) is 4.98 Å². The van der Waals surface area contributed by atoms with Gasteiger partial charge in [-0.1, -0.05) is 0 Å². The van der Waals surface area contributed by atoms with Gasteiger partial charge in [0.15, 0.2) is 5.82 Å². The predicted octanol–water partition coefficient (Wildman–Crippen LogP) is 0.870. The fourth-order valence-corrected chi connectivity index (χ4v) is 3.64. The molecule has 0 amide bonds. The number of hydrogen-bond donors (Lipinski definition) is 2. The van der Waals surface area contributed by atoms with Crippen molar-refractivity contribution in [3.63, 3.8) is 0 Å². The fourth-order valence-electron chi connectivity index (χ4n) is 2.85. The van der Waals surface area contributed by atoms with E-state index in [-0.39, 0.29) is 6.04 Å². The average Bonchev–Trinajstić information content (AvgIpc) is 2.62. The van der Waals surface area contributed by atoms with Gasteiger partial charge in [0.05, 0.1) is 0 Å². The van der Waals surface area contributed by atoms with Crippen LogP contribution in [-0.4, -0.2) is 49.5 Å². The summed E-state index contributed by atoms with van der Waals surface area (Å²) in [6, 6.07) is 5.67. The lowest BCUT2D eigenvalue weighted by Crippen LogP contribution is -2.47. The molecule has 1 aliphatic rings. The molecule has 0 atom stereocenters. The monoisotopic (exact) mass is 362 g/mol. The summed E-state index contributed by atoms with van der Waals surface area (Å²) in [5.74, 6) is 1.55. The van der Waals surface area contributed by atoms with Crippen LogP contribution in [0.15, 0.2) is 30.6 Å². The smallest absolute Gasteiger partial charge is 0.276 e. The molecule has 0 spiro atoms. The Labute approximate surface area is 147 Å². The van der Waals surface area contributed by atoms with Crippen LogP contribution in [0.5, 0.6) is 0 Å². The summed E-state index contributed by atoms with van der Waals surface area (Å²) in [7, 11) is -2.00. The second-order valence-corrected chi connectivity index (χ2v) is 7.66. The summed E-state index contributed by atoms with van der Waals surface area (Å²) < 4.78 is 28.2. The number of aryl methyl sites for hydroxylation is 1. The molecule has 2 aromatic rings. The molecule has 0 radical (unpaired) electrons. The zero-order valence-corrected chi connectivity index (χ0v) is 15.1. The van der Waals surface area contributed by atoms with Crippen LogP contribution in [0.25, 0.3) is 11.4 Å². The quantitative estimate of drug-likeness (QED) is 0.819. The van der Waals surface area contributed by atoms with E-state index in [0.717, 1.165) is 43.0 Å². The van der Waals surface area contributed by atoms with Crippen molar-refractivity contribution < 1.29 is 8.42 Å². The Balaban J connectivity index is 1.72. The van der Waals surface area contributed by atoms with Gasteiger partial charge in [0.25, 0.3) is 10.2 Å². The highest BCUT2D eigenvalue weighted by Gasteiger charge is 2.24. The van der Waals surface area contributed by atoms with Crippen LogP contribution in [-0.2, 0) is 10.2 Å². The van der Waals surface area contributed by atoms with Crippen LogP contribution in [0.2, 0.25) is 0 Å². The minimum atomic E-state index is -3.40. The molecule has 1 saturated heterocycles. The Hall–Kier alpha value is -2.10. The van der Waals surface area contributed by atoms with Gasteiger partial charge in [-0.25, -0.2) is 14.7 Å². The van der Waals surface area contributed by atoms with E-state index in [2.05, 4.69) is 29.3 Å². The molecule has 3 heterocycles. The maximum Gasteiger partial charge on any atom is 0.276 e. The van der Waals surface area contributed by atoms with E-state index in [0.29, 0.717) is 5.82 Å². The van der Waals surface area contributed by atoms with Crippen LogP contribution in [0.3, 0.4) is 0 Å². The van der Waals surface area contributed by atoms with Gasteiger partial charge in [0, 0.05) is 55.9 Å². The number of nitrogens with one attached hydrogen (secondary N) is 2. The summed E-state index contributed by atoms with van der Waals surface area (Å²) in [5.41, 5.74) is 1.83. The molecule has 9 heteroatoms. The van der Waals surface area contributed by atoms with E-state index in [4.69, 9.17) is 0 Å². The number of aromatic nitrogens is 3. The van der Waals surface area contributed by atoms with Crippen molar-refractivity contribution in [2.75, 3.05) is 25.0 Å². The van der Waals surface area contributed by atoms with Crippen molar-refractivity contribution in [3.8, 4) is 11.4 Å². The molecule has 0 bridgehead atoms. The van der Waals surface area contributed by atoms with E-state index in [9.17, 15) is 8.42 Å². The number of nitrogens with zero attached hydrogens (tertiary/aromatic N) is 4. The molecule has 0 unspecified atom stereocenters. The van der Waals surface area contributed by atoms with E-state index in [1.807, 2.05) is 25.1 Å². The van der Waals surface area contributed by atoms with E-state index >= 15 is 0 Å². The van der Waals surface area contributed by atoms with Crippen molar-refractivity contribution in [2.45, 2.75) is 25.8 Å². The van der Waals surface area contributed by atoms with Crippen LogP contribution < -0.4 is 14.3 Å². The molecule has 2 N–H and O–H groups in total. The predicted molar refractivity (Wildman–Crippen MR) is 96.4 cm³/mol. The lowest BCUT2D eigenvalue weighted by Gasteiger charge is -2.33. The molecule has 0 aliphatic carbocycles. The molecule has 8 nitrogen and oxygen atoms in total. The van der Waals surface area contributed by atoms with Crippen LogP contribution in [0.1, 0.15) is 18.5 Å². The van der Waals surface area contributed by atoms with E-state index < -0.39 is 10.2 Å². The van der Waals surface area contributed by atoms with Gasteiger partial charge in [0.2, 0.25) is 0 Å². The first-order valence-corrected chi connectivity index (χ1v) is 9.67. The number of piperidine rings is 1. The topological polar surface area (TPSA) is 100 Å². The Morgan fingerprint density at radius 3 is 2.48 bits per heavy atom. The average molecular weight is 362 g/mol. The van der Waals surface area contributed by atoms with Gasteiger partial charge in [-0.15, -0.1) is 0 Å². The highest BCUT2D eigenvalue weighted by atomic mass is 32.2. The minimum Gasteiger partial charge on any atom is -0.356 e. The third-order valence-corrected chi connectivity index (χ3v) is 5.37. The second kappa shape index (κ2) is 7.42. The molecule has 0 saturated carbocycles. The summed E-state index contributed by atoms with van der Waals surface area (Å²) in [5, 5.41) is 0. The van der Waals surface area contributed by atoms with Crippen LogP contribution in [0.4, 0.5) is 5.82 Å². The summed E-state index contributed by atoms with van der Waals surface area (Å²) in [6.45, 7) is 3.43. The van der Waals surface area contributed by atoms with E-state index in [1.54, 1.807) is 12.4 Å². The third kappa shape index (κ3) is 4.50. The Bertz CT molecular complexity index is 820. The highest BCUT2D eigenvalue weighted by Crippen LogP contribution is 2.22. The lowest BCUT2D eigenvalue weighted by molar-refractivity contribution is 0.456. The first-order chi connectivity index (χ1) is 12.0. The van der Waals surface area contributed by atoms with Crippen LogP contribution in [0, 0.1) is 6.92 Å². The van der Waals surface area contributed by atoms with Gasteiger partial charge < -0.3 is 4.90 Å². The summed E-state index contributed by atoms with van der Waals surface area (Å²) in [6.07, 6.45) is 4.91.